The number of likely N-dealkylation sites (tertiary alicyclic amines) is 1. The van der Waals surface area contributed by atoms with E-state index in [0.717, 1.165) is 39.0 Å². The number of rotatable bonds is 6. The van der Waals surface area contributed by atoms with Crippen LogP contribution in [0.3, 0.4) is 0 Å². The minimum atomic E-state index is 0.225. The van der Waals surface area contributed by atoms with E-state index >= 15 is 0 Å². The molecule has 3 nitrogen and oxygen atoms in total. The van der Waals surface area contributed by atoms with Crippen molar-refractivity contribution in [3.05, 3.63) is 0 Å². The summed E-state index contributed by atoms with van der Waals surface area (Å²) in [6, 6.07) is 0.225. The van der Waals surface area contributed by atoms with Crippen molar-refractivity contribution in [2.75, 3.05) is 26.8 Å². The van der Waals surface area contributed by atoms with Crippen LogP contribution in [0.15, 0.2) is 0 Å². The van der Waals surface area contributed by atoms with Gasteiger partial charge in [-0.05, 0) is 32.7 Å². The summed E-state index contributed by atoms with van der Waals surface area (Å²) in [5.41, 5.74) is 0. The number of nitrogens with zero attached hydrogens (tertiary/aromatic N) is 1. The van der Waals surface area contributed by atoms with E-state index in [1.807, 2.05) is 0 Å². The zero-order valence-electron chi connectivity index (χ0n) is 8.58. The van der Waals surface area contributed by atoms with Gasteiger partial charge in [-0.25, -0.2) is 0 Å². The second-order valence-electron chi connectivity index (χ2n) is 3.65. The minimum absolute atomic E-state index is 0.225. The molecule has 3 heteroatoms. The van der Waals surface area contributed by atoms with Crippen molar-refractivity contribution >= 4 is 5.78 Å². The number of Topliss-reactive ketones (excluding diaryl/α,β-unsaturated/α-hetero) is 1. The molecule has 0 bridgehead atoms. The maximum absolute atomic E-state index is 11.1. The fourth-order valence-corrected chi connectivity index (χ4v) is 1.73. The highest BCUT2D eigenvalue weighted by molar-refractivity contribution is 5.82. The van der Waals surface area contributed by atoms with Crippen LogP contribution in [0.2, 0.25) is 0 Å². The second kappa shape index (κ2) is 5.35. The van der Waals surface area contributed by atoms with E-state index in [1.165, 1.54) is 0 Å². The van der Waals surface area contributed by atoms with Gasteiger partial charge in [-0.2, -0.15) is 0 Å². The number of carbonyl (C=O) groups is 1. The van der Waals surface area contributed by atoms with Crippen molar-refractivity contribution in [3.8, 4) is 0 Å². The first-order chi connectivity index (χ1) is 6.25. The Kier molecular flexibility index (Phi) is 4.39. The molecule has 1 rings (SSSR count). The Morgan fingerprint density at radius 2 is 2.31 bits per heavy atom. The quantitative estimate of drug-likeness (QED) is 0.580. The molecule has 0 aromatic heterocycles. The van der Waals surface area contributed by atoms with Crippen LogP contribution in [0.25, 0.3) is 0 Å². The highest BCUT2D eigenvalue weighted by Gasteiger charge is 2.30. The zero-order valence-corrected chi connectivity index (χ0v) is 8.58. The van der Waals surface area contributed by atoms with Crippen LogP contribution in [-0.2, 0) is 9.53 Å². The van der Waals surface area contributed by atoms with E-state index in [4.69, 9.17) is 4.74 Å². The Bertz CT molecular complexity index is 170. The SMILES string of the molecule is COCCCCN1CCC1C(C)=O. The first kappa shape index (κ1) is 10.7. The van der Waals surface area contributed by atoms with Gasteiger partial charge in [-0.1, -0.05) is 0 Å². The van der Waals surface area contributed by atoms with Crippen LogP contribution in [0.1, 0.15) is 26.2 Å². The molecule has 0 aromatic carbocycles. The van der Waals surface area contributed by atoms with Crippen LogP contribution in [0.5, 0.6) is 0 Å². The van der Waals surface area contributed by atoms with Crippen molar-refractivity contribution < 1.29 is 9.53 Å². The summed E-state index contributed by atoms with van der Waals surface area (Å²) in [6.45, 7) is 4.66. The fourth-order valence-electron chi connectivity index (χ4n) is 1.73. The lowest BCUT2D eigenvalue weighted by molar-refractivity contribution is -0.126. The predicted molar refractivity (Wildman–Crippen MR) is 51.8 cm³/mol. The average molecular weight is 185 g/mol. The predicted octanol–water partition coefficient (Wildman–Crippen LogP) is 1.08. The Morgan fingerprint density at radius 1 is 1.54 bits per heavy atom. The highest BCUT2D eigenvalue weighted by atomic mass is 16.5. The molecular formula is C10H19NO2. The molecule has 1 fully saturated rings. The van der Waals surface area contributed by atoms with E-state index in [2.05, 4.69) is 4.90 Å². The molecule has 1 aliphatic rings. The molecule has 0 aliphatic carbocycles. The van der Waals surface area contributed by atoms with Gasteiger partial charge >= 0.3 is 0 Å². The molecule has 1 unspecified atom stereocenters. The smallest absolute Gasteiger partial charge is 0.146 e. The van der Waals surface area contributed by atoms with Crippen LogP contribution < -0.4 is 0 Å². The average Bonchev–Trinajstić information content (AvgIpc) is 2.01. The molecule has 0 aromatic rings. The first-order valence-electron chi connectivity index (χ1n) is 4.99. The molecule has 0 N–H and O–H groups in total. The standard InChI is InChI=1S/C10H19NO2/c1-9(12)10-5-7-11(10)6-3-4-8-13-2/h10H,3-8H2,1-2H3. The Morgan fingerprint density at radius 3 is 2.77 bits per heavy atom. The number of hydrogen-bond acceptors (Lipinski definition) is 3. The monoisotopic (exact) mass is 185 g/mol. The Labute approximate surface area is 80.1 Å². The second-order valence-corrected chi connectivity index (χ2v) is 3.65. The summed E-state index contributed by atoms with van der Waals surface area (Å²) in [5.74, 6) is 0.318. The van der Waals surface area contributed by atoms with E-state index < -0.39 is 0 Å². The van der Waals surface area contributed by atoms with Gasteiger partial charge in [0.15, 0.2) is 0 Å². The van der Waals surface area contributed by atoms with Crippen molar-refractivity contribution in [1.82, 2.24) is 4.90 Å². The third-order valence-electron chi connectivity index (χ3n) is 2.64. The molecule has 0 saturated carbocycles. The summed E-state index contributed by atoms with van der Waals surface area (Å²) in [7, 11) is 1.72. The van der Waals surface area contributed by atoms with E-state index in [0.29, 0.717) is 5.78 Å². The van der Waals surface area contributed by atoms with Gasteiger partial charge in [0.25, 0.3) is 0 Å². The number of methoxy groups -OCH3 is 1. The molecule has 0 spiro atoms. The summed E-state index contributed by atoms with van der Waals surface area (Å²) in [5, 5.41) is 0. The normalized spacial score (nSPS) is 22.8. The molecule has 1 heterocycles. The molecule has 0 amide bonds. The zero-order chi connectivity index (χ0) is 9.68. The van der Waals surface area contributed by atoms with Crippen molar-refractivity contribution in [1.29, 1.82) is 0 Å². The van der Waals surface area contributed by atoms with Gasteiger partial charge in [0.1, 0.15) is 5.78 Å². The number of ketones is 1. The lowest BCUT2D eigenvalue weighted by atomic mass is 9.99. The van der Waals surface area contributed by atoms with Crippen molar-refractivity contribution in [3.63, 3.8) is 0 Å². The number of hydrogen-bond donors (Lipinski definition) is 0. The summed E-state index contributed by atoms with van der Waals surface area (Å²) in [6.07, 6.45) is 3.29. The third kappa shape index (κ3) is 3.08. The van der Waals surface area contributed by atoms with Gasteiger partial charge in [0, 0.05) is 20.3 Å². The van der Waals surface area contributed by atoms with Gasteiger partial charge < -0.3 is 4.74 Å². The van der Waals surface area contributed by atoms with E-state index in [-0.39, 0.29) is 6.04 Å². The lowest BCUT2D eigenvalue weighted by Gasteiger charge is -2.39. The molecule has 13 heavy (non-hydrogen) atoms. The van der Waals surface area contributed by atoms with Gasteiger partial charge in [0.2, 0.25) is 0 Å². The molecular weight excluding hydrogens is 166 g/mol. The topological polar surface area (TPSA) is 29.5 Å². The third-order valence-corrected chi connectivity index (χ3v) is 2.64. The van der Waals surface area contributed by atoms with Crippen LogP contribution >= 0.6 is 0 Å². The number of unbranched alkanes of at least 4 members (excludes halogenated alkanes) is 1. The summed E-state index contributed by atoms with van der Waals surface area (Å²) < 4.78 is 4.96. The molecule has 0 radical (unpaired) electrons. The largest absolute Gasteiger partial charge is 0.385 e. The van der Waals surface area contributed by atoms with Crippen molar-refractivity contribution in [2.24, 2.45) is 0 Å². The maximum Gasteiger partial charge on any atom is 0.146 e. The Balaban J connectivity index is 2.05. The van der Waals surface area contributed by atoms with E-state index in [1.54, 1.807) is 14.0 Å². The van der Waals surface area contributed by atoms with Gasteiger partial charge in [0.05, 0.1) is 6.04 Å². The lowest BCUT2D eigenvalue weighted by Crippen LogP contribution is -2.51. The maximum atomic E-state index is 11.1. The number of carbonyl (C=O) groups excluding carboxylic acids is 1. The highest BCUT2D eigenvalue weighted by Crippen LogP contribution is 2.18. The van der Waals surface area contributed by atoms with Gasteiger partial charge in [-0.3, -0.25) is 9.69 Å². The van der Waals surface area contributed by atoms with Crippen LogP contribution in [-0.4, -0.2) is 43.5 Å². The molecule has 1 atom stereocenters. The molecule has 1 saturated heterocycles. The van der Waals surface area contributed by atoms with Crippen LogP contribution in [0.4, 0.5) is 0 Å². The minimum Gasteiger partial charge on any atom is -0.385 e. The van der Waals surface area contributed by atoms with Gasteiger partial charge in [-0.15, -0.1) is 0 Å². The molecule has 1 aliphatic heterocycles. The molecule has 76 valence electrons. The first-order valence-corrected chi connectivity index (χ1v) is 4.99. The summed E-state index contributed by atoms with van der Waals surface area (Å²) in [4.78, 5) is 13.3. The van der Waals surface area contributed by atoms with E-state index in [9.17, 15) is 4.79 Å². The Hall–Kier alpha value is -0.410. The fraction of sp³-hybridized carbons (Fsp3) is 0.900. The number of ether oxygens (including phenoxy) is 1. The van der Waals surface area contributed by atoms with Crippen LogP contribution in [0, 0.1) is 0 Å². The van der Waals surface area contributed by atoms with Crippen molar-refractivity contribution in [2.45, 2.75) is 32.2 Å². The summed E-state index contributed by atoms with van der Waals surface area (Å²) >= 11 is 0.